The molecule has 1 N–H and O–H groups in total. The van der Waals surface area contributed by atoms with E-state index in [1.807, 2.05) is 72.3 Å². The molecule has 0 saturated heterocycles. The number of thiophene rings is 1. The highest BCUT2D eigenvalue weighted by atomic mass is 35.5. The number of aromatic nitrogens is 3. The molecule has 1 amide bonds. The van der Waals surface area contributed by atoms with Crippen LogP contribution in [0.3, 0.4) is 0 Å². The molecular formula is C23H21ClN4OS2. The summed E-state index contributed by atoms with van der Waals surface area (Å²) >= 11 is 9.12. The van der Waals surface area contributed by atoms with Crippen LogP contribution >= 0.6 is 34.7 Å². The Morgan fingerprint density at radius 1 is 1.10 bits per heavy atom. The third kappa shape index (κ3) is 5.36. The molecule has 2 aromatic carbocycles. The SMILES string of the molecule is Cc1ccc(NC(=O)CSc2nnc(Cc3cccs3)n2-c2ccc(Cl)cc2)cc1C. The summed E-state index contributed by atoms with van der Waals surface area (Å²) in [6.45, 7) is 4.08. The molecule has 0 fully saturated rings. The molecule has 0 radical (unpaired) electrons. The Bertz CT molecular complexity index is 1190. The van der Waals surface area contributed by atoms with Gasteiger partial charge in [0, 0.05) is 27.7 Å². The van der Waals surface area contributed by atoms with Crippen LogP contribution in [0.2, 0.25) is 5.02 Å². The molecule has 0 unspecified atom stereocenters. The van der Waals surface area contributed by atoms with Crippen LogP contribution in [0.5, 0.6) is 0 Å². The molecule has 0 aliphatic rings. The predicted octanol–water partition coefficient (Wildman–Crippen LogP) is 5.92. The predicted molar refractivity (Wildman–Crippen MR) is 129 cm³/mol. The van der Waals surface area contributed by atoms with Crippen LogP contribution in [0, 0.1) is 13.8 Å². The van der Waals surface area contributed by atoms with E-state index in [1.165, 1.54) is 22.2 Å². The van der Waals surface area contributed by atoms with E-state index in [1.54, 1.807) is 11.3 Å². The molecule has 4 aromatic rings. The molecule has 5 nitrogen and oxygen atoms in total. The molecule has 4 rings (SSSR count). The van der Waals surface area contributed by atoms with Crippen LogP contribution in [-0.4, -0.2) is 26.4 Å². The van der Waals surface area contributed by atoms with Crippen molar-refractivity contribution in [3.63, 3.8) is 0 Å². The quantitative estimate of drug-likeness (QED) is 0.342. The van der Waals surface area contributed by atoms with Crippen molar-refractivity contribution in [1.82, 2.24) is 14.8 Å². The zero-order valence-corrected chi connectivity index (χ0v) is 19.5. The molecule has 2 aromatic heterocycles. The minimum Gasteiger partial charge on any atom is -0.325 e. The number of nitrogens with zero attached hydrogens (tertiary/aromatic N) is 3. The van der Waals surface area contributed by atoms with Gasteiger partial charge >= 0.3 is 0 Å². The second kappa shape index (κ2) is 9.68. The number of thioether (sulfide) groups is 1. The zero-order chi connectivity index (χ0) is 21.8. The lowest BCUT2D eigenvalue weighted by atomic mass is 10.1. The number of benzene rings is 2. The molecule has 8 heteroatoms. The Morgan fingerprint density at radius 3 is 2.61 bits per heavy atom. The summed E-state index contributed by atoms with van der Waals surface area (Å²) in [7, 11) is 0. The van der Waals surface area contributed by atoms with Gasteiger partial charge in [-0.05, 0) is 72.8 Å². The number of rotatable bonds is 7. The number of halogens is 1. The summed E-state index contributed by atoms with van der Waals surface area (Å²) in [6, 6.07) is 17.6. The van der Waals surface area contributed by atoms with E-state index in [0.717, 1.165) is 22.8 Å². The van der Waals surface area contributed by atoms with Crippen molar-refractivity contribution in [3.8, 4) is 5.69 Å². The van der Waals surface area contributed by atoms with Crippen molar-refractivity contribution in [2.75, 3.05) is 11.1 Å². The standard InChI is InChI=1S/C23H21ClN4OS2/c1-15-5-8-18(12-16(15)2)25-22(29)14-31-23-27-26-21(13-20-4-3-11-30-20)28(23)19-9-6-17(24)7-10-19/h3-12H,13-14H2,1-2H3,(H,25,29). The number of hydrogen-bond acceptors (Lipinski definition) is 5. The van der Waals surface area contributed by atoms with E-state index in [0.29, 0.717) is 16.6 Å². The first-order valence-corrected chi connectivity index (χ1v) is 12.0. The highest BCUT2D eigenvalue weighted by Crippen LogP contribution is 2.26. The van der Waals surface area contributed by atoms with E-state index in [9.17, 15) is 4.79 Å². The van der Waals surface area contributed by atoms with Crippen molar-refractivity contribution in [3.05, 3.63) is 86.8 Å². The van der Waals surface area contributed by atoms with E-state index in [-0.39, 0.29) is 11.7 Å². The number of anilines is 1. The maximum Gasteiger partial charge on any atom is 0.234 e. The van der Waals surface area contributed by atoms with Gasteiger partial charge in [0.25, 0.3) is 0 Å². The second-order valence-corrected chi connectivity index (χ2v) is 9.51. The molecular weight excluding hydrogens is 448 g/mol. The Kier molecular flexibility index (Phi) is 6.75. The van der Waals surface area contributed by atoms with Gasteiger partial charge in [0.1, 0.15) is 5.82 Å². The summed E-state index contributed by atoms with van der Waals surface area (Å²) in [5.41, 5.74) is 4.05. The minimum absolute atomic E-state index is 0.0845. The smallest absolute Gasteiger partial charge is 0.234 e. The van der Waals surface area contributed by atoms with Gasteiger partial charge < -0.3 is 5.32 Å². The van der Waals surface area contributed by atoms with Crippen molar-refractivity contribution < 1.29 is 4.79 Å². The summed E-state index contributed by atoms with van der Waals surface area (Å²) in [5, 5.41) is 15.1. The molecule has 158 valence electrons. The first kappa shape index (κ1) is 21.6. The number of nitrogens with one attached hydrogen (secondary N) is 1. The van der Waals surface area contributed by atoms with E-state index in [2.05, 4.69) is 21.6 Å². The highest BCUT2D eigenvalue weighted by Gasteiger charge is 2.17. The molecule has 2 heterocycles. The van der Waals surface area contributed by atoms with Gasteiger partial charge in [-0.15, -0.1) is 21.5 Å². The van der Waals surface area contributed by atoms with Crippen molar-refractivity contribution in [1.29, 1.82) is 0 Å². The van der Waals surface area contributed by atoms with E-state index >= 15 is 0 Å². The fourth-order valence-corrected chi connectivity index (χ4v) is 4.67. The first-order valence-electron chi connectivity index (χ1n) is 9.72. The van der Waals surface area contributed by atoms with E-state index in [4.69, 9.17) is 11.6 Å². The van der Waals surface area contributed by atoms with Gasteiger partial charge in [0.05, 0.1) is 5.75 Å². The number of amides is 1. The van der Waals surface area contributed by atoms with Crippen LogP contribution in [0.25, 0.3) is 5.69 Å². The van der Waals surface area contributed by atoms with Crippen LogP contribution in [0.15, 0.2) is 65.1 Å². The van der Waals surface area contributed by atoms with Crippen molar-refractivity contribution in [2.45, 2.75) is 25.4 Å². The van der Waals surface area contributed by atoms with Gasteiger partial charge in [-0.25, -0.2) is 0 Å². The third-order valence-electron chi connectivity index (χ3n) is 4.82. The number of carbonyl (C=O) groups excluding carboxylic acids is 1. The maximum absolute atomic E-state index is 12.5. The fraction of sp³-hybridized carbons (Fsp3) is 0.174. The Morgan fingerprint density at radius 2 is 1.90 bits per heavy atom. The molecule has 0 aliphatic heterocycles. The van der Waals surface area contributed by atoms with Gasteiger partial charge in [0.15, 0.2) is 5.16 Å². The van der Waals surface area contributed by atoms with Gasteiger partial charge in [0.2, 0.25) is 5.91 Å². The third-order valence-corrected chi connectivity index (χ3v) is 6.88. The minimum atomic E-state index is -0.0845. The Labute approximate surface area is 194 Å². The van der Waals surface area contributed by atoms with Gasteiger partial charge in [-0.1, -0.05) is 35.5 Å². The Hall–Kier alpha value is -2.61. The van der Waals surface area contributed by atoms with Crippen LogP contribution in [0.4, 0.5) is 5.69 Å². The summed E-state index contributed by atoms with van der Waals surface area (Å²) < 4.78 is 1.99. The molecule has 31 heavy (non-hydrogen) atoms. The lowest BCUT2D eigenvalue weighted by Crippen LogP contribution is -2.15. The first-order chi connectivity index (χ1) is 15.0. The lowest BCUT2D eigenvalue weighted by Gasteiger charge is -2.11. The second-order valence-electron chi connectivity index (χ2n) is 7.10. The summed E-state index contributed by atoms with van der Waals surface area (Å²) in [5.74, 6) is 0.970. The lowest BCUT2D eigenvalue weighted by molar-refractivity contribution is -0.113. The van der Waals surface area contributed by atoms with Gasteiger partial charge in [-0.3, -0.25) is 9.36 Å². The average molecular weight is 469 g/mol. The highest BCUT2D eigenvalue weighted by molar-refractivity contribution is 7.99. The molecule has 0 spiro atoms. The normalized spacial score (nSPS) is 10.9. The van der Waals surface area contributed by atoms with Crippen molar-refractivity contribution >= 4 is 46.3 Å². The van der Waals surface area contributed by atoms with Crippen molar-refractivity contribution in [2.24, 2.45) is 0 Å². The van der Waals surface area contributed by atoms with E-state index < -0.39 is 0 Å². The van der Waals surface area contributed by atoms with Crippen LogP contribution in [-0.2, 0) is 11.2 Å². The molecule has 0 bridgehead atoms. The summed E-state index contributed by atoms with van der Waals surface area (Å²) in [4.78, 5) is 13.7. The fourth-order valence-electron chi connectivity index (χ4n) is 3.07. The monoisotopic (exact) mass is 468 g/mol. The Balaban J connectivity index is 1.53. The molecule has 0 aliphatic carbocycles. The zero-order valence-electron chi connectivity index (χ0n) is 17.1. The topological polar surface area (TPSA) is 59.8 Å². The van der Waals surface area contributed by atoms with Crippen LogP contribution in [0.1, 0.15) is 21.8 Å². The van der Waals surface area contributed by atoms with Gasteiger partial charge in [-0.2, -0.15) is 0 Å². The molecule has 0 atom stereocenters. The average Bonchev–Trinajstić information content (AvgIpc) is 3.40. The maximum atomic E-state index is 12.5. The number of aryl methyl sites for hydroxylation is 2. The molecule has 0 saturated carbocycles. The number of hydrogen-bond donors (Lipinski definition) is 1. The summed E-state index contributed by atoms with van der Waals surface area (Å²) in [6.07, 6.45) is 0.669. The van der Waals surface area contributed by atoms with Crippen LogP contribution < -0.4 is 5.32 Å². The largest absolute Gasteiger partial charge is 0.325 e. The number of carbonyl (C=O) groups is 1.